The van der Waals surface area contributed by atoms with Gasteiger partial charge in [-0.15, -0.1) is 0 Å². The van der Waals surface area contributed by atoms with Gasteiger partial charge in [0.1, 0.15) is 0 Å². The number of fused-ring (bicyclic) bond motifs is 10. The van der Waals surface area contributed by atoms with Gasteiger partial charge in [0, 0.05) is 0 Å². The third-order valence-electron chi connectivity index (χ3n) is 8.29. The summed E-state index contributed by atoms with van der Waals surface area (Å²) in [5, 5.41) is 16.1. The molecular formula is C40H32. The van der Waals surface area contributed by atoms with E-state index in [0.717, 1.165) is 0 Å². The summed E-state index contributed by atoms with van der Waals surface area (Å²) in [6.07, 6.45) is 0. The van der Waals surface area contributed by atoms with E-state index in [2.05, 4.69) is 149 Å². The van der Waals surface area contributed by atoms with Crippen molar-refractivity contribution in [3.63, 3.8) is 0 Å². The second kappa shape index (κ2) is 9.50. The lowest BCUT2D eigenvalue weighted by atomic mass is 9.95. The number of benzene rings is 8. The van der Waals surface area contributed by atoms with Crippen molar-refractivity contribution in [1.29, 1.82) is 0 Å². The summed E-state index contributed by atoms with van der Waals surface area (Å²) >= 11 is 0. The van der Waals surface area contributed by atoms with Crippen LogP contribution < -0.4 is 0 Å². The zero-order valence-corrected chi connectivity index (χ0v) is 23.5. The fourth-order valence-corrected chi connectivity index (χ4v) is 6.22. The highest BCUT2D eigenvalue weighted by atomic mass is 14.1. The first-order valence-electron chi connectivity index (χ1n) is 14.1. The fourth-order valence-electron chi connectivity index (χ4n) is 6.22. The van der Waals surface area contributed by atoms with Crippen molar-refractivity contribution in [1.82, 2.24) is 0 Å². The van der Waals surface area contributed by atoms with E-state index in [4.69, 9.17) is 0 Å². The highest BCUT2D eigenvalue weighted by Gasteiger charge is 2.06. The number of hydrogen-bond donors (Lipinski definition) is 0. The van der Waals surface area contributed by atoms with Crippen molar-refractivity contribution >= 4 is 64.6 Å². The summed E-state index contributed by atoms with van der Waals surface area (Å²) < 4.78 is 0. The van der Waals surface area contributed by atoms with Crippen LogP contribution in [-0.4, -0.2) is 0 Å². The van der Waals surface area contributed by atoms with Gasteiger partial charge in [-0.05, 0) is 92.3 Å². The zero-order valence-electron chi connectivity index (χ0n) is 23.5. The minimum absolute atomic E-state index is 1.31. The van der Waals surface area contributed by atoms with Gasteiger partial charge in [-0.3, -0.25) is 0 Å². The van der Waals surface area contributed by atoms with Crippen LogP contribution in [0.3, 0.4) is 0 Å². The van der Waals surface area contributed by atoms with Gasteiger partial charge in [0.05, 0.1) is 0 Å². The van der Waals surface area contributed by atoms with Gasteiger partial charge < -0.3 is 0 Å². The lowest BCUT2D eigenvalue weighted by molar-refractivity contribution is 1.51. The molecule has 0 saturated heterocycles. The molecule has 0 aliphatic carbocycles. The number of aryl methyl sites for hydroxylation is 4. The minimum atomic E-state index is 1.31. The van der Waals surface area contributed by atoms with Gasteiger partial charge in [-0.1, -0.05) is 144 Å². The highest BCUT2D eigenvalue weighted by molar-refractivity contribution is 6.18. The minimum Gasteiger partial charge on any atom is -0.0587 e. The van der Waals surface area contributed by atoms with E-state index in [1.54, 1.807) is 0 Å². The molecule has 0 nitrogen and oxygen atoms in total. The van der Waals surface area contributed by atoms with Crippen LogP contribution in [0.15, 0.2) is 121 Å². The average molecular weight is 513 g/mol. The Labute approximate surface area is 235 Å². The monoisotopic (exact) mass is 512 g/mol. The lowest BCUT2D eigenvalue weighted by Gasteiger charge is -2.09. The Balaban J connectivity index is 0.000000132. The Bertz CT molecular complexity index is 2090. The van der Waals surface area contributed by atoms with E-state index in [1.807, 2.05) is 0 Å². The smallest absolute Gasteiger partial charge is 0.00989 e. The van der Waals surface area contributed by atoms with Crippen LogP contribution >= 0.6 is 0 Å². The quantitative estimate of drug-likeness (QED) is 0.177. The van der Waals surface area contributed by atoms with Gasteiger partial charge in [0.15, 0.2) is 0 Å². The number of hydrogen-bond acceptors (Lipinski definition) is 0. The highest BCUT2D eigenvalue weighted by Crippen LogP contribution is 2.33. The maximum absolute atomic E-state index is 2.29. The van der Waals surface area contributed by atoms with Crippen molar-refractivity contribution in [2.45, 2.75) is 27.7 Å². The Morgan fingerprint density at radius 2 is 0.500 bits per heavy atom. The molecule has 0 heterocycles. The van der Waals surface area contributed by atoms with Gasteiger partial charge in [-0.25, -0.2) is 0 Å². The van der Waals surface area contributed by atoms with Crippen molar-refractivity contribution in [3.05, 3.63) is 144 Å². The maximum Gasteiger partial charge on any atom is -0.00989 e. The van der Waals surface area contributed by atoms with Crippen molar-refractivity contribution in [2.24, 2.45) is 0 Å². The summed E-state index contributed by atoms with van der Waals surface area (Å²) in [4.78, 5) is 0. The second-order valence-electron chi connectivity index (χ2n) is 11.4. The van der Waals surface area contributed by atoms with Crippen molar-refractivity contribution in [2.75, 3.05) is 0 Å². The van der Waals surface area contributed by atoms with Crippen molar-refractivity contribution in [3.8, 4) is 0 Å². The molecule has 0 bridgehead atoms. The molecular weight excluding hydrogens is 480 g/mol. The molecule has 0 unspecified atom stereocenters. The largest absolute Gasteiger partial charge is 0.0587 e. The van der Waals surface area contributed by atoms with Crippen LogP contribution in [0.2, 0.25) is 0 Å². The van der Waals surface area contributed by atoms with Gasteiger partial charge in [0.2, 0.25) is 0 Å². The Hall–Kier alpha value is -4.68. The summed E-state index contributed by atoms with van der Waals surface area (Å²) in [7, 11) is 0. The molecule has 0 amide bonds. The van der Waals surface area contributed by atoms with E-state index >= 15 is 0 Å². The molecule has 0 heteroatoms. The summed E-state index contributed by atoms with van der Waals surface area (Å²) in [6.45, 7) is 8.60. The van der Waals surface area contributed by atoms with E-state index < -0.39 is 0 Å². The lowest BCUT2D eigenvalue weighted by Crippen LogP contribution is -1.82. The molecule has 0 radical (unpaired) electrons. The first kappa shape index (κ1) is 24.4. The first-order valence-corrected chi connectivity index (χ1v) is 14.1. The van der Waals surface area contributed by atoms with E-state index in [1.165, 1.54) is 86.9 Å². The normalized spacial score (nSPS) is 11.5. The molecule has 0 fully saturated rings. The Morgan fingerprint density at radius 1 is 0.225 bits per heavy atom. The van der Waals surface area contributed by atoms with Gasteiger partial charge >= 0.3 is 0 Å². The first-order chi connectivity index (χ1) is 19.4. The van der Waals surface area contributed by atoms with Crippen LogP contribution in [0, 0.1) is 27.7 Å². The summed E-state index contributed by atoms with van der Waals surface area (Å²) in [5.41, 5.74) is 5.25. The van der Waals surface area contributed by atoms with Gasteiger partial charge in [0.25, 0.3) is 0 Å². The fraction of sp³-hybridized carbons (Fsp3) is 0.100. The SMILES string of the molecule is Cc1ccc2c(ccc3c4ccc(C)cc4ccc23)c1.Cc1ccc2ccc3c4cc(C)ccc4ccc3c2c1. The molecule has 192 valence electrons. The molecule has 8 aromatic rings. The van der Waals surface area contributed by atoms with E-state index in [-0.39, 0.29) is 0 Å². The standard InChI is InChI=1S/2C20H16/c1-13-3-7-17-15(11-13)5-9-20-18-8-4-14(2)12-16(18)6-10-19(17)20;1-13-3-5-15-7-10-18-17(19(15)11-13)9-8-16-6-4-14(2)12-20(16)18/h2*3-12H,1-2H3. The van der Waals surface area contributed by atoms with E-state index in [0.29, 0.717) is 0 Å². The molecule has 0 atom stereocenters. The molecule has 0 aromatic heterocycles. The van der Waals surface area contributed by atoms with Crippen LogP contribution in [0.4, 0.5) is 0 Å². The van der Waals surface area contributed by atoms with Crippen LogP contribution in [-0.2, 0) is 0 Å². The zero-order chi connectivity index (χ0) is 27.4. The molecule has 0 N–H and O–H groups in total. The van der Waals surface area contributed by atoms with Crippen LogP contribution in [0.5, 0.6) is 0 Å². The second-order valence-corrected chi connectivity index (χ2v) is 11.4. The topological polar surface area (TPSA) is 0 Å². The molecule has 0 spiro atoms. The molecule has 0 saturated carbocycles. The Morgan fingerprint density at radius 3 is 0.925 bits per heavy atom. The third-order valence-corrected chi connectivity index (χ3v) is 8.29. The molecule has 0 aliphatic rings. The molecule has 8 rings (SSSR count). The van der Waals surface area contributed by atoms with Crippen LogP contribution in [0.1, 0.15) is 22.3 Å². The average Bonchev–Trinajstić information content (AvgIpc) is 2.96. The number of rotatable bonds is 0. The van der Waals surface area contributed by atoms with E-state index in [9.17, 15) is 0 Å². The predicted molar refractivity (Wildman–Crippen MR) is 177 cm³/mol. The third kappa shape index (κ3) is 4.17. The maximum atomic E-state index is 2.29. The Kier molecular flexibility index (Phi) is 5.79. The molecule has 0 aliphatic heterocycles. The summed E-state index contributed by atoms with van der Waals surface area (Å²) in [6, 6.07) is 44.7. The molecule has 40 heavy (non-hydrogen) atoms. The molecule has 8 aromatic carbocycles. The predicted octanol–water partition coefficient (Wildman–Crippen LogP) is 11.5. The van der Waals surface area contributed by atoms with Crippen molar-refractivity contribution < 1.29 is 0 Å². The summed E-state index contributed by atoms with van der Waals surface area (Å²) in [5.74, 6) is 0. The van der Waals surface area contributed by atoms with Crippen LogP contribution in [0.25, 0.3) is 64.6 Å². The van der Waals surface area contributed by atoms with Gasteiger partial charge in [-0.2, -0.15) is 0 Å².